The van der Waals surface area contributed by atoms with E-state index in [9.17, 15) is 22.8 Å². The number of benzene rings is 1. The van der Waals surface area contributed by atoms with E-state index in [2.05, 4.69) is 10.6 Å². The average molecular weight is 431 g/mol. The van der Waals surface area contributed by atoms with E-state index in [0.717, 1.165) is 12.8 Å². The molecule has 0 spiro atoms. The molecule has 10 heteroatoms. The minimum absolute atomic E-state index is 0.147. The van der Waals surface area contributed by atoms with Gasteiger partial charge in [-0.2, -0.15) is 13.2 Å². The standard InChI is InChI=1S/C18H27N3O2.C2HF3O2/c1-3-13-20-17(22)12-11-16(21-18(23)14(2)19)10-9-15-7-5-4-6-8-15;3-2(4,5)1(6)7/h4-8,11-12,14,16H,3,9-10,13,19H2,1-2H3,(H,20,22)(H,21,23);(H,6,7)/b12-11+;/t14-,16-;/m0./s1. The van der Waals surface area contributed by atoms with Crippen molar-refractivity contribution in [1.29, 1.82) is 0 Å². The van der Waals surface area contributed by atoms with E-state index in [-0.39, 0.29) is 17.9 Å². The Morgan fingerprint density at radius 1 is 1.20 bits per heavy atom. The van der Waals surface area contributed by atoms with E-state index in [1.54, 1.807) is 13.0 Å². The Balaban J connectivity index is 0.00000103. The van der Waals surface area contributed by atoms with Crippen molar-refractivity contribution in [2.45, 2.75) is 51.4 Å². The first-order valence-electron chi connectivity index (χ1n) is 9.33. The van der Waals surface area contributed by atoms with Crippen molar-refractivity contribution in [3.8, 4) is 0 Å². The highest BCUT2D eigenvalue weighted by molar-refractivity contribution is 5.87. The number of rotatable bonds is 9. The molecule has 0 saturated heterocycles. The summed E-state index contributed by atoms with van der Waals surface area (Å²) < 4.78 is 31.7. The lowest BCUT2D eigenvalue weighted by molar-refractivity contribution is -0.192. The molecule has 0 saturated carbocycles. The molecule has 0 radical (unpaired) electrons. The van der Waals surface area contributed by atoms with Crippen LogP contribution >= 0.6 is 0 Å². The third kappa shape index (κ3) is 13.3. The SMILES string of the molecule is CCCNC(=O)/C=C/[C@H](CCc1ccccc1)NC(=O)[C@H](C)N.O=C(O)C(F)(F)F. The highest BCUT2D eigenvalue weighted by Crippen LogP contribution is 2.13. The van der Waals surface area contributed by atoms with Crippen LogP contribution in [0.2, 0.25) is 0 Å². The Kier molecular flexibility index (Phi) is 12.8. The third-order valence-electron chi connectivity index (χ3n) is 3.60. The summed E-state index contributed by atoms with van der Waals surface area (Å²) in [6, 6.07) is 9.23. The van der Waals surface area contributed by atoms with Crippen LogP contribution in [0, 0.1) is 0 Å². The Bertz CT molecular complexity index is 692. The third-order valence-corrected chi connectivity index (χ3v) is 3.60. The lowest BCUT2D eigenvalue weighted by atomic mass is 10.0. The highest BCUT2D eigenvalue weighted by Gasteiger charge is 2.38. The molecule has 2 atom stereocenters. The zero-order valence-corrected chi connectivity index (χ0v) is 16.9. The molecule has 0 bridgehead atoms. The van der Waals surface area contributed by atoms with Gasteiger partial charge in [0.2, 0.25) is 11.8 Å². The molecule has 0 aliphatic carbocycles. The van der Waals surface area contributed by atoms with Gasteiger partial charge in [-0.3, -0.25) is 9.59 Å². The zero-order chi connectivity index (χ0) is 23.2. The normalized spacial score (nSPS) is 13.0. The molecule has 30 heavy (non-hydrogen) atoms. The fraction of sp³-hybridized carbons (Fsp3) is 0.450. The van der Waals surface area contributed by atoms with Crippen molar-refractivity contribution in [2.75, 3.05) is 6.54 Å². The summed E-state index contributed by atoms with van der Waals surface area (Å²) in [7, 11) is 0. The summed E-state index contributed by atoms with van der Waals surface area (Å²) in [6.45, 7) is 4.28. The van der Waals surface area contributed by atoms with Gasteiger partial charge in [-0.15, -0.1) is 0 Å². The van der Waals surface area contributed by atoms with E-state index in [0.29, 0.717) is 13.0 Å². The summed E-state index contributed by atoms with van der Waals surface area (Å²) in [5.74, 6) is -3.12. The van der Waals surface area contributed by atoms with Crippen LogP contribution in [0.4, 0.5) is 13.2 Å². The van der Waals surface area contributed by atoms with Gasteiger partial charge >= 0.3 is 12.1 Å². The molecule has 1 aromatic carbocycles. The van der Waals surface area contributed by atoms with Crippen molar-refractivity contribution >= 4 is 17.8 Å². The summed E-state index contributed by atoms with van der Waals surface area (Å²) in [4.78, 5) is 32.4. The van der Waals surface area contributed by atoms with E-state index in [1.165, 1.54) is 11.6 Å². The van der Waals surface area contributed by atoms with Gasteiger partial charge in [-0.05, 0) is 31.7 Å². The van der Waals surface area contributed by atoms with Crippen LogP contribution in [0.5, 0.6) is 0 Å². The predicted octanol–water partition coefficient (Wildman–Crippen LogP) is 2.17. The summed E-state index contributed by atoms with van der Waals surface area (Å²) in [5, 5.41) is 12.8. The van der Waals surface area contributed by atoms with Gasteiger partial charge in [0.1, 0.15) is 0 Å². The van der Waals surface area contributed by atoms with Crippen LogP contribution in [0.25, 0.3) is 0 Å². The first-order chi connectivity index (χ1) is 14.0. The van der Waals surface area contributed by atoms with Crippen LogP contribution in [0.3, 0.4) is 0 Å². The molecule has 7 nitrogen and oxygen atoms in total. The molecule has 0 aliphatic heterocycles. The minimum Gasteiger partial charge on any atom is -0.475 e. The number of hydrogen-bond donors (Lipinski definition) is 4. The molecular weight excluding hydrogens is 403 g/mol. The molecule has 1 rings (SSSR count). The number of amides is 2. The molecule has 168 valence electrons. The second-order valence-corrected chi connectivity index (χ2v) is 6.38. The molecule has 0 heterocycles. The first-order valence-corrected chi connectivity index (χ1v) is 9.33. The van der Waals surface area contributed by atoms with Crippen LogP contribution in [-0.4, -0.2) is 47.7 Å². The summed E-state index contributed by atoms with van der Waals surface area (Å²) >= 11 is 0. The molecule has 1 aromatic rings. The van der Waals surface area contributed by atoms with E-state index in [4.69, 9.17) is 15.6 Å². The second-order valence-electron chi connectivity index (χ2n) is 6.38. The molecule has 2 amide bonds. The van der Waals surface area contributed by atoms with Crippen molar-refractivity contribution in [1.82, 2.24) is 10.6 Å². The molecule has 0 aromatic heterocycles. The summed E-state index contributed by atoms with van der Waals surface area (Å²) in [6.07, 6.45) is 0.533. The molecule has 5 N–H and O–H groups in total. The number of halogens is 3. The van der Waals surface area contributed by atoms with Crippen molar-refractivity contribution in [3.63, 3.8) is 0 Å². The number of nitrogens with two attached hydrogens (primary N) is 1. The maximum atomic E-state index is 11.8. The number of alkyl halides is 3. The van der Waals surface area contributed by atoms with Gasteiger partial charge in [0, 0.05) is 18.7 Å². The Morgan fingerprint density at radius 2 is 1.77 bits per heavy atom. The Hall–Kier alpha value is -2.88. The van der Waals surface area contributed by atoms with Crippen molar-refractivity contribution in [2.24, 2.45) is 5.73 Å². The number of aliphatic carboxylic acids is 1. The smallest absolute Gasteiger partial charge is 0.475 e. The number of carboxylic acid groups (broad SMARTS) is 1. The fourth-order valence-electron chi connectivity index (χ4n) is 2.01. The van der Waals surface area contributed by atoms with Gasteiger partial charge in [0.25, 0.3) is 0 Å². The average Bonchev–Trinajstić information content (AvgIpc) is 2.68. The van der Waals surface area contributed by atoms with Crippen LogP contribution in [-0.2, 0) is 20.8 Å². The maximum Gasteiger partial charge on any atom is 0.490 e. The van der Waals surface area contributed by atoms with Gasteiger partial charge < -0.3 is 21.5 Å². The lowest BCUT2D eigenvalue weighted by Crippen LogP contribution is -2.43. The zero-order valence-electron chi connectivity index (χ0n) is 16.9. The van der Waals surface area contributed by atoms with Crippen molar-refractivity contribution < 1.29 is 32.7 Å². The predicted molar refractivity (Wildman–Crippen MR) is 106 cm³/mol. The largest absolute Gasteiger partial charge is 0.490 e. The van der Waals surface area contributed by atoms with Crippen LogP contribution < -0.4 is 16.4 Å². The van der Waals surface area contributed by atoms with E-state index >= 15 is 0 Å². The number of carbonyl (C=O) groups is 3. The molecule has 0 fully saturated rings. The lowest BCUT2D eigenvalue weighted by Gasteiger charge is -2.17. The molecule has 0 aliphatic rings. The quantitative estimate of drug-likeness (QED) is 0.447. The summed E-state index contributed by atoms with van der Waals surface area (Å²) in [5.41, 5.74) is 6.79. The number of carboxylic acids is 1. The molecular formula is C20H28F3N3O4. The van der Waals surface area contributed by atoms with Gasteiger partial charge in [-0.1, -0.05) is 43.3 Å². The van der Waals surface area contributed by atoms with Crippen LogP contribution in [0.15, 0.2) is 42.5 Å². The van der Waals surface area contributed by atoms with E-state index in [1.807, 2.05) is 37.3 Å². The number of nitrogens with one attached hydrogen (secondary N) is 2. The molecule has 0 unspecified atom stereocenters. The topological polar surface area (TPSA) is 122 Å². The first kappa shape index (κ1) is 27.1. The number of aryl methyl sites for hydroxylation is 1. The van der Waals surface area contributed by atoms with Gasteiger partial charge in [-0.25, -0.2) is 4.79 Å². The fourth-order valence-corrected chi connectivity index (χ4v) is 2.01. The minimum atomic E-state index is -5.08. The van der Waals surface area contributed by atoms with Gasteiger partial charge in [0.15, 0.2) is 0 Å². The van der Waals surface area contributed by atoms with Gasteiger partial charge in [0.05, 0.1) is 6.04 Å². The number of carbonyl (C=O) groups excluding carboxylic acids is 2. The number of hydrogen-bond acceptors (Lipinski definition) is 4. The second kappa shape index (κ2) is 14.2. The maximum absolute atomic E-state index is 11.8. The Labute approximate surface area is 173 Å². The monoisotopic (exact) mass is 431 g/mol. The van der Waals surface area contributed by atoms with Crippen LogP contribution in [0.1, 0.15) is 32.3 Å². The van der Waals surface area contributed by atoms with E-state index < -0.39 is 18.2 Å². The van der Waals surface area contributed by atoms with Crippen molar-refractivity contribution in [3.05, 3.63) is 48.0 Å². The Morgan fingerprint density at radius 3 is 2.23 bits per heavy atom. The highest BCUT2D eigenvalue weighted by atomic mass is 19.4.